The van der Waals surface area contributed by atoms with E-state index in [4.69, 9.17) is 0 Å². The van der Waals surface area contributed by atoms with Crippen molar-refractivity contribution in [3.63, 3.8) is 0 Å². The lowest BCUT2D eigenvalue weighted by molar-refractivity contribution is -0.145. The summed E-state index contributed by atoms with van der Waals surface area (Å²) in [6.45, 7) is 1.72. The Morgan fingerprint density at radius 3 is 2.63 bits per heavy atom. The highest BCUT2D eigenvalue weighted by atomic mass is 32.2. The van der Waals surface area contributed by atoms with Crippen molar-refractivity contribution in [3.05, 3.63) is 29.8 Å². The van der Waals surface area contributed by atoms with Crippen LogP contribution in [0.3, 0.4) is 0 Å². The van der Waals surface area contributed by atoms with Gasteiger partial charge in [-0.25, -0.2) is 8.78 Å². The molecular formula is C12H12F2O4S. The summed E-state index contributed by atoms with van der Waals surface area (Å²) in [6, 6.07) is 2.48. The van der Waals surface area contributed by atoms with Crippen LogP contribution in [0.1, 0.15) is 13.3 Å². The van der Waals surface area contributed by atoms with Crippen molar-refractivity contribution in [3.8, 4) is 0 Å². The molecule has 0 fully saturated rings. The first-order valence-corrected chi connectivity index (χ1v) is 6.76. The molecule has 4 nitrogen and oxygen atoms in total. The largest absolute Gasteiger partial charge is 0.466 e. The standard InChI is InChI=1S/C12H12F2O4S/c1-2-18-12(16)6-9(15)7-19(17)11-5-8(13)3-4-10(11)14/h3-5H,2,6-7H2,1H3. The summed E-state index contributed by atoms with van der Waals surface area (Å²) in [4.78, 5) is 22.0. The molecule has 0 radical (unpaired) electrons. The summed E-state index contributed by atoms with van der Waals surface area (Å²) in [5.74, 6) is -3.55. The Bertz CT molecular complexity index is 516. The highest BCUT2D eigenvalue weighted by Crippen LogP contribution is 2.14. The van der Waals surface area contributed by atoms with Gasteiger partial charge < -0.3 is 4.74 Å². The fourth-order valence-electron chi connectivity index (χ4n) is 1.30. The number of rotatable bonds is 6. The van der Waals surface area contributed by atoms with Gasteiger partial charge in [-0.15, -0.1) is 0 Å². The lowest BCUT2D eigenvalue weighted by Gasteiger charge is -2.04. The molecule has 19 heavy (non-hydrogen) atoms. The van der Waals surface area contributed by atoms with Crippen LogP contribution >= 0.6 is 0 Å². The van der Waals surface area contributed by atoms with Gasteiger partial charge in [-0.05, 0) is 25.1 Å². The zero-order valence-corrected chi connectivity index (χ0v) is 11.0. The lowest BCUT2D eigenvalue weighted by Crippen LogP contribution is -2.17. The van der Waals surface area contributed by atoms with E-state index in [-0.39, 0.29) is 6.61 Å². The molecule has 104 valence electrons. The molecular weight excluding hydrogens is 278 g/mol. The zero-order chi connectivity index (χ0) is 14.4. The summed E-state index contributed by atoms with van der Waals surface area (Å²) < 4.78 is 42.4. The number of halogens is 2. The summed E-state index contributed by atoms with van der Waals surface area (Å²) in [7, 11) is -2.03. The van der Waals surface area contributed by atoms with Crippen LogP contribution in [-0.2, 0) is 25.1 Å². The van der Waals surface area contributed by atoms with Crippen LogP contribution in [-0.4, -0.2) is 28.3 Å². The fourth-order valence-corrected chi connectivity index (χ4v) is 2.38. The number of benzene rings is 1. The molecule has 1 rings (SSSR count). The Hall–Kier alpha value is -1.63. The van der Waals surface area contributed by atoms with Gasteiger partial charge in [0.25, 0.3) is 0 Å². The quantitative estimate of drug-likeness (QED) is 0.590. The number of hydrogen-bond donors (Lipinski definition) is 0. The lowest BCUT2D eigenvalue weighted by atomic mass is 10.3. The highest BCUT2D eigenvalue weighted by molar-refractivity contribution is 7.85. The van der Waals surface area contributed by atoms with Crippen LogP contribution in [0.2, 0.25) is 0 Å². The monoisotopic (exact) mass is 290 g/mol. The van der Waals surface area contributed by atoms with Crippen LogP contribution in [0, 0.1) is 11.6 Å². The smallest absolute Gasteiger partial charge is 0.313 e. The molecule has 0 aliphatic heterocycles. The van der Waals surface area contributed by atoms with Gasteiger partial charge >= 0.3 is 5.97 Å². The van der Waals surface area contributed by atoms with Crippen molar-refractivity contribution in [1.29, 1.82) is 0 Å². The normalized spacial score (nSPS) is 11.9. The minimum Gasteiger partial charge on any atom is -0.466 e. The molecule has 0 N–H and O–H groups in total. The van der Waals surface area contributed by atoms with E-state index in [9.17, 15) is 22.6 Å². The van der Waals surface area contributed by atoms with Crippen molar-refractivity contribution in [2.24, 2.45) is 0 Å². The van der Waals surface area contributed by atoms with Gasteiger partial charge in [-0.2, -0.15) is 0 Å². The van der Waals surface area contributed by atoms with Crippen LogP contribution in [0.5, 0.6) is 0 Å². The fraction of sp³-hybridized carbons (Fsp3) is 0.333. The van der Waals surface area contributed by atoms with Gasteiger partial charge in [0.15, 0.2) is 5.78 Å². The maximum atomic E-state index is 13.3. The molecule has 0 heterocycles. The molecule has 0 aliphatic carbocycles. The number of ether oxygens (including phenoxy) is 1. The van der Waals surface area contributed by atoms with Gasteiger partial charge in [0.2, 0.25) is 0 Å². The SMILES string of the molecule is CCOC(=O)CC(=O)CS(=O)c1cc(F)ccc1F. The van der Waals surface area contributed by atoms with Crippen molar-refractivity contribution in [2.75, 3.05) is 12.4 Å². The molecule has 7 heteroatoms. The highest BCUT2D eigenvalue weighted by Gasteiger charge is 2.17. The van der Waals surface area contributed by atoms with E-state index in [1.54, 1.807) is 6.92 Å². The van der Waals surface area contributed by atoms with E-state index in [1.165, 1.54) is 0 Å². The van der Waals surface area contributed by atoms with E-state index < -0.39 is 51.3 Å². The molecule has 0 saturated carbocycles. The van der Waals surface area contributed by atoms with Crippen LogP contribution in [0.4, 0.5) is 8.78 Å². The molecule has 0 aromatic heterocycles. The minimum atomic E-state index is -2.03. The van der Waals surface area contributed by atoms with E-state index in [1.807, 2.05) is 0 Å². The number of Topliss-reactive ketones (excluding diaryl/α,β-unsaturated/α-hetero) is 1. The van der Waals surface area contributed by atoms with E-state index >= 15 is 0 Å². The third-order valence-corrected chi connectivity index (χ3v) is 3.47. The Balaban J connectivity index is 2.67. The predicted molar refractivity (Wildman–Crippen MR) is 63.9 cm³/mol. The van der Waals surface area contributed by atoms with Gasteiger partial charge in [-0.1, -0.05) is 0 Å². The maximum absolute atomic E-state index is 13.3. The molecule has 0 saturated heterocycles. The number of ketones is 1. The predicted octanol–water partition coefficient (Wildman–Crippen LogP) is 1.59. The topological polar surface area (TPSA) is 60.4 Å². The third-order valence-electron chi connectivity index (χ3n) is 2.08. The van der Waals surface area contributed by atoms with Gasteiger partial charge in [0.1, 0.15) is 18.1 Å². The van der Waals surface area contributed by atoms with Gasteiger partial charge in [0, 0.05) is 0 Å². The Morgan fingerprint density at radius 1 is 1.32 bits per heavy atom. The summed E-state index contributed by atoms with van der Waals surface area (Å²) in [6.07, 6.45) is -0.531. The van der Waals surface area contributed by atoms with E-state index in [0.29, 0.717) is 0 Å². The van der Waals surface area contributed by atoms with Crippen LogP contribution < -0.4 is 0 Å². The maximum Gasteiger partial charge on any atom is 0.313 e. The average Bonchev–Trinajstić information content (AvgIpc) is 2.32. The molecule has 0 aliphatic rings. The number of esters is 1. The Kier molecular flexibility index (Phi) is 5.75. The number of carbonyl (C=O) groups is 2. The number of carbonyl (C=O) groups excluding carboxylic acids is 2. The molecule has 0 spiro atoms. The Labute approximate surface area is 111 Å². The first-order valence-electron chi connectivity index (χ1n) is 5.44. The van der Waals surface area contributed by atoms with E-state index in [2.05, 4.69) is 4.74 Å². The third kappa shape index (κ3) is 4.86. The summed E-state index contributed by atoms with van der Waals surface area (Å²) >= 11 is 0. The average molecular weight is 290 g/mol. The van der Waals surface area contributed by atoms with E-state index in [0.717, 1.165) is 18.2 Å². The van der Waals surface area contributed by atoms with Gasteiger partial charge in [0.05, 0.1) is 28.1 Å². The second kappa shape index (κ2) is 7.08. The van der Waals surface area contributed by atoms with Crippen molar-refractivity contribution in [2.45, 2.75) is 18.2 Å². The van der Waals surface area contributed by atoms with Crippen LogP contribution in [0.15, 0.2) is 23.1 Å². The molecule has 0 amide bonds. The molecule has 1 aromatic rings. The zero-order valence-electron chi connectivity index (χ0n) is 10.2. The summed E-state index contributed by atoms with van der Waals surface area (Å²) in [5, 5.41) is 0. The molecule has 0 bridgehead atoms. The van der Waals surface area contributed by atoms with Crippen LogP contribution in [0.25, 0.3) is 0 Å². The molecule has 1 aromatic carbocycles. The first-order chi connectivity index (χ1) is 8.93. The molecule has 1 unspecified atom stereocenters. The van der Waals surface area contributed by atoms with Crippen molar-refractivity contribution >= 4 is 22.6 Å². The molecule has 1 atom stereocenters. The second-order valence-electron chi connectivity index (χ2n) is 3.59. The Morgan fingerprint density at radius 2 is 2.00 bits per heavy atom. The number of hydrogen-bond acceptors (Lipinski definition) is 4. The second-order valence-corrected chi connectivity index (χ2v) is 5.00. The minimum absolute atomic E-state index is 0.133. The summed E-state index contributed by atoms with van der Waals surface area (Å²) in [5.41, 5.74) is 0. The van der Waals surface area contributed by atoms with Crippen molar-refractivity contribution < 1.29 is 27.3 Å². The van der Waals surface area contributed by atoms with Crippen molar-refractivity contribution in [1.82, 2.24) is 0 Å². The van der Waals surface area contributed by atoms with Gasteiger partial charge in [-0.3, -0.25) is 13.8 Å². The first kappa shape index (κ1) is 15.4.